The van der Waals surface area contributed by atoms with E-state index in [0.29, 0.717) is 12.5 Å². The molecule has 0 aliphatic heterocycles. The SMILES string of the molecule is CN(O)CCCC1c2ccccc2C=Cc2ccccc21. The molecule has 2 nitrogen and oxygen atoms in total. The second-order valence-electron chi connectivity index (χ2n) is 5.67. The van der Waals surface area contributed by atoms with Gasteiger partial charge in [0.2, 0.25) is 0 Å². The molecular formula is C19H21NO. The molecular weight excluding hydrogens is 258 g/mol. The van der Waals surface area contributed by atoms with Gasteiger partial charge in [-0.2, -0.15) is 5.06 Å². The Hall–Kier alpha value is -1.90. The molecule has 2 aromatic rings. The quantitative estimate of drug-likeness (QED) is 0.838. The average molecular weight is 279 g/mol. The van der Waals surface area contributed by atoms with Crippen molar-refractivity contribution in [1.29, 1.82) is 0 Å². The summed E-state index contributed by atoms with van der Waals surface area (Å²) in [5.74, 6) is 0.396. The number of hydroxylamine groups is 2. The second kappa shape index (κ2) is 6.25. The standard InChI is InChI=1S/C19H21NO/c1-20(21)14-6-11-19-17-9-4-2-7-15(17)12-13-16-8-3-5-10-18(16)19/h2-5,7-10,12-13,19,21H,6,11,14H2,1H3. The van der Waals surface area contributed by atoms with Crippen LogP contribution in [0.3, 0.4) is 0 Å². The van der Waals surface area contributed by atoms with E-state index in [9.17, 15) is 5.21 Å². The smallest absolute Gasteiger partial charge is 0.0235 e. The van der Waals surface area contributed by atoms with Gasteiger partial charge in [0.25, 0.3) is 0 Å². The Labute approximate surface area is 126 Å². The molecule has 0 aromatic heterocycles. The van der Waals surface area contributed by atoms with E-state index in [4.69, 9.17) is 0 Å². The van der Waals surface area contributed by atoms with Crippen LogP contribution in [0.4, 0.5) is 0 Å². The van der Waals surface area contributed by atoms with E-state index in [-0.39, 0.29) is 0 Å². The van der Waals surface area contributed by atoms with Gasteiger partial charge < -0.3 is 5.21 Å². The van der Waals surface area contributed by atoms with E-state index in [0.717, 1.165) is 12.8 Å². The van der Waals surface area contributed by atoms with E-state index >= 15 is 0 Å². The summed E-state index contributed by atoms with van der Waals surface area (Å²) in [6.45, 7) is 0.703. The molecule has 2 heteroatoms. The molecule has 0 atom stereocenters. The molecule has 1 aliphatic rings. The minimum absolute atomic E-state index is 0.396. The van der Waals surface area contributed by atoms with Gasteiger partial charge in [-0.05, 0) is 35.1 Å². The van der Waals surface area contributed by atoms with E-state index < -0.39 is 0 Å². The van der Waals surface area contributed by atoms with Gasteiger partial charge in [-0.3, -0.25) is 0 Å². The van der Waals surface area contributed by atoms with Gasteiger partial charge in [0.15, 0.2) is 0 Å². The molecule has 0 saturated heterocycles. The Bertz CT molecular complexity index is 596. The first-order valence-corrected chi connectivity index (χ1v) is 7.51. The maximum Gasteiger partial charge on any atom is 0.0235 e. The van der Waals surface area contributed by atoms with Gasteiger partial charge in [-0.15, -0.1) is 0 Å². The lowest BCUT2D eigenvalue weighted by molar-refractivity contribution is -0.0656. The summed E-state index contributed by atoms with van der Waals surface area (Å²) in [6, 6.07) is 17.3. The molecule has 0 amide bonds. The van der Waals surface area contributed by atoms with Crippen molar-refractivity contribution in [2.24, 2.45) is 0 Å². The first kappa shape index (κ1) is 14.1. The van der Waals surface area contributed by atoms with Crippen molar-refractivity contribution in [2.75, 3.05) is 13.6 Å². The fraction of sp³-hybridized carbons (Fsp3) is 0.263. The minimum Gasteiger partial charge on any atom is -0.314 e. The third-order valence-corrected chi connectivity index (χ3v) is 4.16. The van der Waals surface area contributed by atoms with Gasteiger partial charge in [0.05, 0.1) is 0 Å². The van der Waals surface area contributed by atoms with Gasteiger partial charge in [0.1, 0.15) is 0 Å². The third kappa shape index (κ3) is 3.07. The van der Waals surface area contributed by atoms with Crippen LogP contribution in [0.5, 0.6) is 0 Å². The zero-order valence-corrected chi connectivity index (χ0v) is 12.4. The fourth-order valence-electron chi connectivity index (χ4n) is 3.14. The lowest BCUT2D eigenvalue weighted by Gasteiger charge is -2.21. The fourth-order valence-corrected chi connectivity index (χ4v) is 3.14. The number of fused-ring (bicyclic) bond motifs is 2. The Kier molecular flexibility index (Phi) is 4.18. The van der Waals surface area contributed by atoms with Crippen molar-refractivity contribution < 1.29 is 5.21 Å². The number of benzene rings is 2. The molecule has 21 heavy (non-hydrogen) atoms. The van der Waals surface area contributed by atoms with Gasteiger partial charge in [-0.1, -0.05) is 60.7 Å². The molecule has 108 valence electrons. The molecule has 0 unspecified atom stereocenters. The van der Waals surface area contributed by atoms with E-state index in [1.165, 1.54) is 27.3 Å². The number of nitrogens with zero attached hydrogens (tertiary/aromatic N) is 1. The topological polar surface area (TPSA) is 23.5 Å². The van der Waals surface area contributed by atoms with Crippen molar-refractivity contribution in [2.45, 2.75) is 18.8 Å². The van der Waals surface area contributed by atoms with Crippen molar-refractivity contribution in [3.8, 4) is 0 Å². The van der Waals surface area contributed by atoms with Crippen molar-refractivity contribution in [1.82, 2.24) is 5.06 Å². The van der Waals surface area contributed by atoms with E-state index in [1.54, 1.807) is 7.05 Å². The summed E-state index contributed by atoms with van der Waals surface area (Å²) >= 11 is 0. The summed E-state index contributed by atoms with van der Waals surface area (Å²) < 4.78 is 0. The van der Waals surface area contributed by atoms with Gasteiger partial charge >= 0.3 is 0 Å². The zero-order valence-electron chi connectivity index (χ0n) is 12.4. The van der Waals surface area contributed by atoms with Crippen molar-refractivity contribution in [3.63, 3.8) is 0 Å². The normalized spacial score (nSPS) is 13.9. The zero-order chi connectivity index (χ0) is 14.7. The number of hydrogen-bond acceptors (Lipinski definition) is 2. The van der Waals surface area contributed by atoms with Crippen LogP contribution >= 0.6 is 0 Å². The van der Waals surface area contributed by atoms with Crippen LogP contribution in [0.25, 0.3) is 12.2 Å². The molecule has 2 aromatic carbocycles. The second-order valence-corrected chi connectivity index (χ2v) is 5.67. The lowest BCUT2D eigenvalue weighted by Crippen LogP contribution is -2.15. The van der Waals surface area contributed by atoms with Crippen LogP contribution in [0.2, 0.25) is 0 Å². The Balaban J connectivity index is 1.98. The predicted molar refractivity (Wildman–Crippen MR) is 87.3 cm³/mol. The summed E-state index contributed by atoms with van der Waals surface area (Å²) in [5.41, 5.74) is 5.38. The van der Waals surface area contributed by atoms with Gasteiger partial charge in [0, 0.05) is 19.5 Å². The van der Waals surface area contributed by atoms with Crippen LogP contribution in [0, 0.1) is 0 Å². The van der Waals surface area contributed by atoms with Crippen molar-refractivity contribution in [3.05, 3.63) is 70.8 Å². The molecule has 0 saturated carbocycles. The Morgan fingerprint density at radius 1 is 0.905 bits per heavy atom. The molecule has 3 rings (SSSR count). The van der Waals surface area contributed by atoms with E-state index in [1.807, 2.05) is 0 Å². The predicted octanol–water partition coefficient (Wildman–Crippen LogP) is 4.40. The monoisotopic (exact) mass is 279 g/mol. The Morgan fingerprint density at radius 2 is 1.43 bits per heavy atom. The molecule has 0 bridgehead atoms. The van der Waals surface area contributed by atoms with Crippen LogP contribution in [-0.4, -0.2) is 23.9 Å². The maximum atomic E-state index is 9.35. The van der Waals surface area contributed by atoms with E-state index in [2.05, 4.69) is 60.7 Å². The summed E-state index contributed by atoms with van der Waals surface area (Å²) in [6.07, 6.45) is 6.44. The first-order chi connectivity index (χ1) is 10.3. The van der Waals surface area contributed by atoms with Crippen molar-refractivity contribution >= 4 is 12.2 Å². The lowest BCUT2D eigenvalue weighted by atomic mass is 9.84. The first-order valence-electron chi connectivity index (χ1n) is 7.51. The highest BCUT2D eigenvalue weighted by molar-refractivity contribution is 5.76. The summed E-state index contributed by atoms with van der Waals surface area (Å²) in [5, 5.41) is 10.6. The average Bonchev–Trinajstić information content (AvgIpc) is 2.65. The summed E-state index contributed by atoms with van der Waals surface area (Å²) in [4.78, 5) is 0. The van der Waals surface area contributed by atoms with Crippen LogP contribution in [-0.2, 0) is 0 Å². The minimum atomic E-state index is 0.396. The van der Waals surface area contributed by atoms with Crippen LogP contribution in [0.1, 0.15) is 41.0 Å². The number of hydrogen-bond donors (Lipinski definition) is 1. The highest BCUT2D eigenvalue weighted by Gasteiger charge is 2.20. The highest BCUT2D eigenvalue weighted by Crippen LogP contribution is 2.37. The largest absolute Gasteiger partial charge is 0.314 e. The maximum absolute atomic E-state index is 9.35. The molecule has 0 heterocycles. The van der Waals surface area contributed by atoms with Crippen LogP contribution in [0.15, 0.2) is 48.5 Å². The third-order valence-electron chi connectivity index (χ3n) is 4.16. The molecule has 1 aliphatic carbocycles. The number of rotatable bonds is 4. The summed E-state index contributed by atoms with van der Waals surface area (Å²) in [7, 11) is 1.70. The van der Waals surface area contributed by atoms with Gasteiger partial charge in [-0.25, -0.2) is 0 Å². The van der Waals surface area contributed by atoms with Crippen LogP contribution < -0.4 is 0 Å². The molecule has 1 N–H and O–H groups in total. The Morgan fingerprint density at radius 3 is 1.95 bits per heavy atom. The highest BCUT2D eigenvalue weighted by atomic mass is 16.5. The molecule has 0 fully saturated rings. The molecule has 0 spiro atoms. The molecule has 0 radical (unpaired) electrons.